The summed E-state index contributed by atoms with van der Waals surface area (Å²) in [7, 11) is 0. The van der Waals surface area contributed by atoms with Gasteiger partial charge in [0.1, 0.15) is 0 Å². The Hall–Kier alpha value is -2.68. The maximum Gasteiger partial charge on any atom is 0.303 e. The summed E-state index contributed by atoms with van der Waals surface area (Å²) in [5.74, 6) is -0.109. The molecular formula is C13H11N3O3. The number of carboxylic acids is 1. The van der Waals surface area contributed by atoms with Gasteiger partial charge in [0.2, 0.25) is 11.8 Å². The Bertz CT molecular complexity index is 628. The molecule has 0 saturated carbocycles. The molecule has 0 aliphatic rings. The van der Waals surface area contributed by atoms with Crippen molar-refractivity contribution in [2.75, 3.05) is 0 Å². The van der Waals surface area contributed by atoms with E-state index in [1.54, 1.807) is 24.3 Å². The molecule has 0 unspecified atom stereocenters. The van der Waals surface area contributed by atoms with Crippen molar-refractivity contribution in [1.82, 2.24) is 10.2 Å². The average Bonchev–Trinajstić information content (AvgIpc) is 2.87. The Kier molecular flexibility index (Phi) is 3.88. The summed E-state index contributed by atoms with van der Waals surface area (Å²) in [5, 5.41) is 25.1. The standard InChI is InChI=1S/C13H11N3O3/c14-8-9-3-1-4-10(7-9)13-16-15-11(19-13)5-2-6-12(17)18/h1,3-4,7H,2,5-6H2,(H,17,18). The first kappa shape index (κ1) is 12.8. The van der Waals surface area contributed by atoms with Crippen LogP contribution >= 0.6 is 0 Å². The minimum atomic E-state index is -0.846. The quantitative estimate of drug-likeness (QED) is 0.879. The lowest BCUT2D eigenvalue weighted by molar-refractivity contribution is -0.137. The van der Waals surface area contributed by atoms with Crippen molar-refractivity contribution in [2.24, 2.45) is 0 Å². The zero-order valence-corrected chi connectivity index (χ0v) is 10.0. The highest BCUT2D eigenvalue weighted by molar-refractivity contribution is 5.66. The van der Waals surface area contributed by atoms with Crippen LogP contribution in [0.25, 0.3) is 11.5 Å². The molecule has 0 bridgehead atoms. The highest BCUT2D eigenvalue weighted by Gasteiger charge is 2.09. The molecule has 2 aromatic rings. The number of benzene rings is 1. The third-order valence-corrected chi connectivity index (χ3v) is 2.49. The summed E-state index contributed by atoms with van der Waals surface area (Å²) >= 11 is 0. The topological polar surface area (TPSA) is 100 Å². The molecule has 6 nitrogen and oxygen atoms in total. The Morgan fingerprint density at radius 1 is 1.42 bits per heavy atom. The van der Waals surface area contributed by atoms with Crippen molar-refractivity contribution in [2.45, 2.75) is 19.3 Å². The van der Waals surface area contributed by atoms with Crippen LogP contribution in [0.2, 0.25) is 0 Å². The lowest BCUT2D eigenvalue weighted by Crippen LogP contribution is -1.95. The fraction of sp³-hybridized carbons (Fsp3) is 0.231. The first-order valence-corrected chi connectivity index (χ1v) is 5.74. The van der Waals surface area contributed by atoms with Gasteiger partial charge in [-0.25, -0.2) is 0 Å². The van der Waals surface area contributed by atoms with E-state index in [1.165, 1.54) is 0 Å². The van der Waals surface area contributed by atoms with Crippen molar-refractivity contribution in [3.63, 3.8) is 0 Å². The molecule has 0 amide bonds. The van der Waals surface area contributed by atoms with Gasteiger partial charge in [0.05, 0.1) is 11.6 Å². The van der Waals surface area contributed by atoms with Crippen LogP contribution in [0.4, 0.5) is 0 Å². The summed E-state index contributed by atoms with van der Waals surface area (Å²) in [6.45, 7) is 0. The molecule has 1 aromatic heterocycles. The summed E-state index contributed by atoms with van der Waals surface area (Å²) in [6.07, 6.45) is 0.952. The zero-order valence-electron chi connectivity index (χ0n) is 10.0. The molecule has 0 radical (unpaired) electrons. The largest absolute Gasteiger partial charge is 0.481 e. The third-order valence-electron chi connectivity index (χ3n) is 2.49. The van der Waals surface area contributed by atoms with E-state index in [0.29, 0.717) is 35.7 Å². The van der Waals surface area contributed by atoms with Gasteiger partial charge in [0.25, 0.3) is 0 Å². The van der Waals surface area contributed by atoms with Gasteiger partial charge in [-0.2, -0.15) is 5.26 Å². The molecule has 0 fully saturated rings. The maximum atomic E-state index is 10.4. The second-order valence-electron chi connectivity index (χ2n) is 3.94. The highest BCUT2D eigenvalue weighted by atomic mass is 16.4. The molecule has 0 aliphatic heterocycles. The minimum absolute atomic E-state index is 0.0711. The normalized spacial score (nSPS) is 10.1. The van der Waals surface area contributed by atoms with Crippen LogP contribution in [-0.2, 0) is 11.2 Å². The number of rotatable bonds is 5. The number of aromatic nitrogens is 2. The number of aliphatic carboxylic acids is 1. The Labute approximate surface area is 109 Å². The second kappa shape index (κ2) is 5.78. The zero-order chi connectivity index (χ0) is 13.7. The van der Waals surface area contributed by atoms with Crippen LogP contribution < -0.4 is 0 Å². The summed E-state index contributed by atoms with van der Waals surface area (Å²) in [6, 6.07) is 8.90. The molecule has 1 aromatic carbocycles. The van der Waals surface area contributed by atoms with E-state index in [2.05, 4.69) is 10.2 Å². The Morgan fingerprint density at radius 3 is 3.00 bits per heavy atom. The second-order valence-corrected chi connectivity index (χ2v) is 3.94. The molecule has 96 valence electrons. The van der Waals surface area contributed by atoms with Crippen LogP contribution in [0.5, 0.6) is 0 Å². The predicted octanol–water partition coefficient (Wildman–Crippen LogP) is 2.02. The molecule has 6 heteroatoms. The number of hydrogen-bond acceptors (Lipinski definition) is 5. The molecule has 1 heterocycles. The fourth-order valence-electron chi connectivity index (χ4n) is 1.58. The molecule has 1 N–H and O–H groups in total. The van der Waals surface area contributed by atoms with Gasteiger partial charge in [0, 0.05) is 18.4 Å². The summed E-state index contributed by atoms with van der Waals surface area (Å²) < 4.78 is 5.43. The van der Waals surface area contributed by atoms with Crippen LogP contribution in [-0.4, -0.2) is 21.3 Å². The van der Waals surface area contributed by atoms with Gasteiger partial charge in [0.15, 0.2) is 0 Å². The van der Waals surface area contributed by atoms with Crippen molar-refractivity contribution in [1.29, 1.82) is 5.26 Å². The molecular weight excluding hydrogens is 246 g/mol. The van der Waals surface area contributed by atoms with Gasteiger partial charge in [-0.15, -0.1) is 10.2 Å². The lowest BCUT2D eigenvalue weighted by atomic mass is 10.1. The van der Waals surface area contributed by atoms with Gasteiger partial charge in [-0.1, -0.05) is 6.07 Å². The van der Waals surface area contributed by atoms with Gasteiger partial charge in [-0.3, -0.25) is 4.79 Å². The molecule has 0 saturated heterocycles. The first-order valence-electron chi connectivity index (χ1n) is 5.74. The van der Waals surface area contributed by atoms with E-state index in [4.69, 9.17) is 14.8 Å². The highest BCUT2D eigenvalue weighted by Crippen LogP contribution is 2.19. The lowest BCUT2D eigenvalue weighted by Gasteiger charge is -1.95. The molecule has 2 rings (SSSR count). The molecule has 0 aliphatic carbocycles. The Morgan fingerprint density at radius 2 is 2.26 bits per heavy atom. The van der Waals surface area contributed by atoms with Gasteiger partial charge < -0.3 is 9.52 Å². The average molecular weight is 257 g/mol. The monoisotopic (exact) mass is 257 g/mol. The number of carbonyl (C=O) groups is 1. The smallest absolute Gasteiger partial charge is 0.303 e. The number of carboxylic acid groups (broad SMARTS) is 1. The summed E-state index contributed by atoms with van der Waals surface area (Å²) in [5.41, 5.74) is 1.19. The molecule has 19 heavy (non-hydrogen) atoms. The fourth-order valence-corrected chi connectivity index (χ4v) is 1.58. The van der Waals surface area contributed by atoms with E-state index >= 15 is 0 Å². The van der Waals surface area contributed by atoms with E-state index in [-0.39, 0.29) is 6.42 Å². The SMILES string of the molecule is N#Cc1cccc(-c2nnc(CCCC(=O)O)o2)c1. The minimum Gasteiger partial charge on any atom is -0.481 e. The van der Waals surface area contributed by atoms with Crippen molar-refractivity contribution in [3.05, 3.63) is 35.7 Å². The van der Waals surface area contributed by atoms with Crippen LogP contribution in [0.15, 0.2) is 28.7 Å². The number of nitriles is 1. The number of hydrogen-bond donors (Lipinski definition) is 1. The van der Waals surface area contributed by atoms with Gasteiger partial charge in [-0.05, 0) is 24.6 Å². The van der Waals surface area contributed by atoms with Gasteiger partial charge >= 0.3 is 5.97 Å². The first-order chi connectivity index (χ1) is 9.19. The van der Waals surface area contributed by atoms with Crippen molar-refractivity contribution in [3.8, 4) is 17.5 Å². The molecule has 0 spiro atoms. The number of nitrogens with zero attached hydrogens (tertiary/aromatic N) is 3. The van der Waals surface area contributed by atoms with Crippen molar-refractivity contribution >= 4 is 5.97 Å². The Balaban J connectivity index is 2.08. The summed E-state index contributed by atoms with van der Waals surface area (Å²) in [4.78, 5) is 10.4. The van der Waals surface area contributed by atoms with Crippen LogP contribution in [0, 0.1) is 11.3 Å². The van der Waals surface area contributed by atoms with Crippen LogP contribution in [0.1, 0.15) is 24.3 Å². The number of aryl methyl sites for hydroxylation is 1. The maximum absolute atomic E-state index is 10.4. The third kappa shape index (κ3) is 3.39. The van der Waals surface area contributed by atoms with E-state index in [0.717, 1.165) is 0 Å². The van der Waals surface area contributed by atoms with Crippen LogP contribution in [0.3, 0.4) is 0 Å². The van der Waals surface area contributed by atoms with E-state index < -0.39 is 5.97 Å². The van der Waals surface area contributed by atoms with E-state index in [9.17, 15) is 4.79 Å². The van der Waals surface area contributed by atoms with Crippen molar-refractivity contribution < 1.29 is 14.3 Å². The van der Waals surface area contributed by atoms with E-state index in [1.807, 2.05) is 6.07 Å². The predicted molar refractivity (Wildman–Crippen MR) is 65.0 cm³/mol. The molecule has 0 atom stereocenters.